The van der Waals surface area contributed by atoms with Crippen LogP contribution in [0.25, 0.3) is 11.1 Å². The number of carbonyl (C=O) groups excluding carboxylic acids is 1. The fourth-order valence-corrected chi connectivity index (χ4v) is 4.84. The number of carbonyl (C=O) groups is 2. The summed E-state index contributed by atoms with van der Waals surface area (Å²) in [5.74, 6) is -0.900. The van der Waals surface area contributed by atoms with Gasteiger partial charge in [0.2, 0.25) is 0 Å². The molecule has 2 heterocycles. The normalized spacial score (nSPS) is 17.1. The van der Waals surface area contributed by atoms with Crippen LogP contribution in [-0.2, 0) is 15.1 Å². The van der Waals surface area contributed by atoms with E-state index in [1.165, 1.54) is 28.6 Å². The van der Waals surface area contributed by atoms with Crippen LogP contribution in [0.4, 0.5) is 4.79 Å². The minimum Gasteiger partial charge on any atom is -0.479 e. The van der Waals surface area contributed by atoms with Gasteiger partial charge in [0, 0.05) is 31.4 Å². The van der Waals surface area contributed by atoms with Crippen LogP contribution in [0.15, 0.2) is 67.3 Å². The lowest BCUT2D eigenvalue weighted by atomic mass is 9.87. The molecule has 0 bridgehead atoms. The number of carboxylic acids is 1. The number of piperidine rings is 1. The van der Waals surface area contributed by atoms with Crippen LogP contribution in [0.2, 0.25) is 0 Å². The van der Waals surface area contributed by atoms with Gasteiger partial charge < -0.3 is 19.3 Å². The number of fused-ring (bicyclic) bond motifs is 3. The summed E-state index contributed by atoms with van der Waals surface area (Å²) in [6, 6.07) is 16.4. The minimum absolute atomic E-state index is 0.00481. The molecule has 1 aromatic heterocycles. The molecule has 0 radical (unpaired) electrons. The highest BCUT2D eigenvalue weighted by Crippen LogP contribution is 2.44. The third-order valence-electron chi connectivity index (χ3n) is 6.58. The van der Waals surface area contributed by atoms with Crippen LogP contribution in [0.3, 0.4) is 0 Å². The number of amides is 1. The highest BCUT2D eigenvalue weighted by Gasteiger charge is 2.44. The molecule has 1 amide bonds. The summed E-state index contributed by atoms with van der Waals surface area (Å²) in [7, 11) is 0. The van der Waals surface area contributed by atoms with Crippen molar-refractivity contribution in [1.29, 1.82) is 0 Å². The molecule has 0 unspecified atom stereocenters. The fraction of sp³-hybridized carbons (Fsp3) is 0.292. The number of ether oxygens (including phenoxy) is 1. The molecule has 1 aliphatic heterocycles. The van der Waals surface area contributed by atoms with E-state index >= 15 is 0 Å². The largest absolute Gasteiger partial charge is 0.479 e. The fourth-order valence-electron chi connectivity index (χ4n) is 4.84. The molecule has 31 heavy (non-hydrogen) atoms. The standard InChI is InChI=1S/C24H23N3O4/c28-22(29)24(27-14-11-25-16-27)9-12-26(13-10-24)23(30)31-15-21-19-7-3-1-5-17(19)18-6-2-4-8-20(18)21/h1-8,11,14,16,21H,9-10,12-13,15H2,(H,28,29). The van der Waals surface area contributed by atoms with Crippen molar-refractivity contribution in [2.45, 2.75) is 24.3 Å². The van der Waals surface area contributed by atoms with Crippen LogP contribution >= 0.6 is 0 Å². The predicted octanol–water partition coefficient (Wildman–Crippen LogP) is 3.71. The van der Waals surface area contributed by atoms with E-state index in [4.69, 9.17) is 4.74 Å². The first-order valence-corrected chi connectivity index (χ1v) is 10.4. The van der Waals surface area contributed by atoms with Gasteiger partial charge in [-0.05, 0) is 35.1 Å². The molecule has 5 rings (SSSR count). The molecule has 1 aliphatic carbocycles. The second-order valence-corrected chi connectivity index (χ2v) is 8.10. The zero-order chi connectivity index (χ0) is 21.4. The molecule has 158 valence electrons. The molecule has 3 aromatic rings. The third-order valence-corrected chi connectivity index (χ3v) is 6.58. The molecule has 1 saturated heterocycles. The summed E-state index contributed by atoms with van der Waals surface area (Å²) in [4.78, 5) is 30.4. The average Bonchev–Trinajstić information content (AvgIpc) is 3.45. The van der Waals surface area contributed by atoms with Gasteiger partial charge in [0.1, 0.15) is 12.1 Å². The Balaban J connectivity index is 1.27. The van der Waals surface area contributed by atoms with Crippen LogP contribution in [0, 0.1) is 0 Å². The first-order valence-electron chi connectivity index (χ1n) is 10.4. The summed E-state index contributed by atoms with van der Waals surface area (Å²) in [6.45, 7) is 0.900. The highest BCUT2D eigenvalue weighted by atomic mass is 16.6. The molecule has 0 spiro atoms. The van der Waals surface area contributed by atoms with E-state index in [0.717, 1.165) is 0 Å². The van der Waals surface area contributed by atoms with E-state index in [2.05, 4.69) is 29.2 Å². The van der Waals surface area contributed by atoms with Crippen molar-refractivity contribution in [2.75, 3.05) is 19.7 Å². The topological polar surface area (TPSA) is 84.7 Å². The number of hydrogen-bond donors (Lipinski definition) is 1. The zero-order valence-corrected chi connectivity index (χ0v) is 17.0. The Hall–Kier alpha value is -3.61. The maximum atomic E-state index is 12.8. The van der Waals surface area contributed by atoms with Crippen molar-refractivity contribution in [3.05, 3.63) is 78.4 Å². The van der Waals surface area contributed by atoms with Gasteiger partial charge in [-0.25, -0.2) is 14.6 Å². The number of aromatic nitrogens is 2. The molecule has 0 saturated carbocycles. The number of carboxylic acid groups (broad SMARTS) is 1. The summed E-state index contributed by atoms with van der Waals surface area (Å²) in [6.07, 6.45) is 4.98. The Morgan fingerprint density at radius 2 is 1.65 bits per heavy atom. The van der Waals surface area contributed by atoms with Crippen LogP contribution < -0.4 is 0 Å². The van der Waals surface area contributed by atoms with Gasteiger partial charge in [-0.3, -0.25) is 0 Å². The number of nitrogens with zero attached hydrogens (tertiary/aromatic N) is 3. The lowest BCUT2D eigenvalue weighted by molar-refractivity contribution is -0.150. The second-order valence-electron chi connectivity index (χ2n) is 8.10. The van der Waals surface area contributed by atoms with E-state index in [1.54, 1.807) is 21.9 Å². The number of hydrogen-bond acceptors (Lipinski definition) is 4. The molecule has 2 aliphatic rings. The monoisotopic (exact) mass is 417 g/mol. The minimum atomic E-state index is -1.07. The van der Waals surface area contributed by atoms with Gasteiger partial charge in [0.05, 0.1) is 6.33 Å². The van der Waals surface area contributed by atoms with Crippen LogP contribution in [0.1, 0.15) is 29.9 Å². The van der Waals surface area contributed by atoms with E-state index < -0.39 is 17.6 Å². The second kappa shape index (κ2) is 7.58. The number of imidazole rings is 1. The number of benzene rings is 2. The predicted molar refractivity (Wildman–Crippen MR) is 114 cm³/mol. The van der Waals surface area contributed by atoms with Gasteiger partial charge >= 0.3 is 12.1 Å². The lowest BCUT2D eigenvalue weighted by Gasteiger charge is -2.39. The Kier molecular flexibility index (Phi) is 4.73. The molecular weight excluding hydrogens is 394 g/mol. The van der Waals surface area contributed by atoms with Crippen molar-refractivity contribution >= 4 is 12.1 Å². The number of likely N-dealkylation sites (tertiary alicyclic amines) is 1. The Morgan fingerprint density at radius 3 is 2.19 bits per heavy atom. The zero-order valence-electron chi connectivity index (χ0n) is 17.0. The molecule has 0 atom stereocenters. The van der Waals surface area contributed by atoms with Crippen molar-refractivity contribution < 1.29 is 19.4 Å². The van der Waals surface area contributed by atoms with E-state index in [0.29, 0.717) is 25.9 Å². The van der Waals surface area contributed by atoms with E-state index in [9.17, 15) is 14.7 Å². The van der Waals surface area contributed by atoms with E-state index in [-0.39, 0.29) is 12.5 Å². The summed E-state index contributed by atoms with van der Waals surface area (Å²) < 4.78 is 7.35. The first-order chi connectivity index (χ1) is 15.1. The van der Waals surface area contributed by atoms with Gasteiger partial charge in [-0.2, -0.15) is 0 Å². The summed E-state index contributed by atoms with van der Waals surface area (Å²) >= 11 is 0. The van der Waals surface area contributed by atoms with Gasteiger partial charge in [-0.15, -0.1) is 0 Å². The lowest BCUT2D eigenvalue weighted by Crippen LogP contribution is -2.52. The first kappa shape index (κ1) is 19.4. The Morgan fingerprint density at radius 1 is 1.03 bits per heavy atom. The summed E-state index contributed by atoms with van der Waals surface area (Å²) in [5.41, 5.74) is 3.63. The third kappa shape index (κ3) is 3.17. The van der Waals surface area contributed by atoms with E-state index in [1.807, 2.05) is 24.3 Å². The number of aliphatic carboxylic acids is 1. The summed E-state index contributed by atoms with van der Waals surface area (Å²) in [5, 5.41) is 9.84. The molecule has 2 aromatic carbocycles. The average molecular weight is 417 g/mol. The van der Waals surface area contributed by atoms with Crippen molar-refractivity contribution in [1.82, 2.24) is 14.5 Å². The molecule has 7 nitrogen and oxygen atoms in total. The Bertz CT molecular complexity index is 1070. The van der Waals surface area contributed by atoms with Gasteiger partial charge in [0.25, 0.3) is 0 Å². The van der Waals surface area contributed by atoms with Crippen molar-refractivity contribution in [3.63, 3.8) is 0 Å². The van der Waals surface area contributed by atoms with Gasteiger partial charge in [-0.1, -0.05) is 48.5 Å². The maximum absolute atomic E-state index is 12.8. The molecule has 1 fully saturated rings. The molecule has 7 heteroatoms. The molecular formula is C24H23N3O4. The highest BCUT2D eigenvalue weighted by molar-refractivity contribution is 5.79. The number of rotatable bonds is 4. The Labute approximate surface area is 179 Å². The maximum Gasteiger partial charge on any atom is 0.409 e. The van der Waals surface area contributed by atoms with Crippen molar-refractivity contribution in [3.8, 4) is 11.1 Å². The SMILES string of the molecule is O=C(OCC1c2ccccc2-c2ccccc21)N1CCC(C(=O)O)(n2ccnc2)CC1. The quantitative estimate of drug-likeness (QED) is 0.700. The van der Waals surface area contributed by atoms with Crippen LogP contribution in [0.5, 0.6) is 0 Å². The van der Waals surface area contributed by atoms with Gasteiger partial charge in [0.15, 0.2) is 0 Å². The smallest absolute Gasteiger partial charge is 0.409 e. The van der Waals surface area contributed by atoms with Crippen LogP contribution in [-0.4, -0.2) is 51.3 Å². The van der Waals surface area contributed by atoms with Crippen molar-refractivity contribution in [2.24, 2.45) is 0 Å². The molecule has 1 N–H and O–H groups in total.